The van der Waals surface area contributed by atoms with Crippen molar-refractivity contribution in [2.24, 2.45) is 0 Å². The van der Waals surface area contributed by atoms with Crippen LogP contribution in [0, 0.1) is 0 Å². The highest BCUT2D eigenvalue weighted by Crippen LogP contribution is 2.38. The third-order valence-electron chi connectivity index (χ3n) is 3.16. The predicted molar refractivity (Wildman–Crippen MR) is 75.8 cm³/mol. The van der Waals surface area contributed by atoms with Crippen molar-refractivity contribution in [1.82, 2.24) is 4.31 Å². The van der Waals surface area contributed by atoms with Gasteiger partial charge in [0.05, 0.1) is 12.2 Å². The van der Waals surface area contributed by atoms with Crippen LogP contribution >= 0.6 is 11.6 Å². The molecule has 1 aliphatic heterocycles. The van der Waals surface area contributed by atoms with Crippen LogP contribution in [0.15, 0.2) is 17.0 Å². The molecule has 5 nitrogen and oxygen atoms in total. The minimum atomic E-state index is -3.87. The number of sulfonamides is 1. The summed E-state index contributed by atoms with van der Waals surface area (Å²) in [6.45, 7) is 6.03. The van der Waals surface area contributed by atoms with E-state index in [9.17, 15) is 13.2 Å². The van der Waals surface area contributed by atoms with E-state index in [1.165, 1.54) is 6.07 Å². The molecule has 1 amide bonds. The number of carbonyl (C=O) groups excluding carboxylic acids is 1. The topological polar surface area (TPSA) is 63.7 Å². The Morgan fingerprint density at radius 3 is 2.50 bits per heavy atom. The molecule has 0 fully saturated rings. The lowest BCUT2D eigenvalue weighted by Crippen LogP contribution is -2.28. The summed E-state index contributed by atoms with van der Waals surface area (Å²) in [6, 6.07) is 2.72. The van der Waals surface area contributed by atoms with Crippen LogP contribution in [0.25, 0.3) is 0 Å². The van der Waals surface area contributed by atoms with Crippen LogP contribution in [0.4, 0.5) is 0 Å². The predicted octanol–water partition coefficient (Wildman–Crippen LogP) is 2.55. The quantitative estimate of drug-likeness (QED) is 0.632. The van der Waals surface area contributed by atoms with Gasteiger partial charge in [0.1, 0.15) is 16.6 Å². The Hall–Kier alpha value is -1.27. The summed E-state index contributed by atoms with van der Waals surface area (Å²) in [5, 5.41) is 0. The van der Waals surface area contributed by atoms with E-state index in [4.69, 9.17) is 16.3 Å². The van der Waals surface area contributed by atoms with Crippen molar-refractivity contribution in [1.29, 1.82) is 0 Å². The fourth-order valence-electron chi connectivity index (χ4n) is 2.22. The zero-order valence-corrected chi connectivity index (χ0v) is 13.1. The van der Waals surface area contributed by atoms with Gasteiger partial charge in [-0.25, -0.2) is 12.7 Å². The number of hydrogen-bond acceptors (Lipinski definition) is 4. The van der Waals surface area contributed by atoms with Crippen LogP contribution in [0.5, 0.6) is 5.75 Å². The first-order chi connectivity index (χ1) is 9.34. The van der Waals surface area contributed by atoms with Gasteiger partial charge in [-0.15, -0.1) is 11.6 Å². The van der Waals surface area contributed by atoms with Crippen LogP contribution in [-0.2, 0) is 10.0 Å². The van der Waals surface area contributed by atoms with Gasteiger partial charge in [-0.05, 0) is 24.5 Å². The molecule has 110 valence electrons. The van der Waals surface area contributed by atoms with Gasteiger partial charge < -0.3 is 4.74 Å². The number of halogens is 1. The molecular formula is C13H16ClNO4S. The van der Waals surface area contributed by atoms with Crippen molar-refractivity contribution in [2.75, 3.05) is 12.6 Å². The van der Waals surface area contributed by atoms with Gasteiger partial charge >= 0.3 is 0 Å². The first-order valence-electron chi connectivity index (χ1n) is 6.28. The van der Waals surface area contributed by atoms with Gasteiger partial charge in [-0.1, -0.05) is 13.8 Å². The molecule has 0 atom stereocenters. The van der Waals surface area contributed by atoms with Gasteiger partial charge in [0.15, 0.2) is 0 Å². The van der Waals surface area contributed by atoms with Crippen molar-refractivity contribution < 1.29 is 17.9 Å². The molecule has 7 heteroatoms. The van der Waals surface area contributed by atoms with Crippen LogP contribution in [0.3, 0.4) is 0 Å². The average molecular weight is 318 g/mol. The first-order valence-corrected chi connectivity index (χ1v) is 8.25. The minimum absolute atomic E-state index is 0.00131. The van der Waals surface area contributed by atoms with E-state index in [0.29, 0.717) is 22.2 Å². The van der Waals surface area contributed by atoms with E-state index in [0.717, 1.165) is 0 Å². The van der Waals surface area contributed by atoms with E-state index in [-0.39, 0.29) is 16.4 Å². The second-order valence-corrected chi connectivity index (χ2v) is 6.82. The number of ether oxygens (including phenoxy) is 1. The Labute approximate surface area is 123 Å². The molecule has 1 heterocycles. The highest BCUT2D eigenvalue weighted by atomic mass is 35.5. The molecule has 1 aromatic carbocycles. The van der Waals surface area contributed by atoms with Crippen molar-refractivity contribution in [3.8, 4) is 5.75 Å². The van der Waals surface area contributed by atoms with Gasteiger partial charge in [0.2, 0.25) is 0 Å². The summed E-state index contributed by atoms with van der Waals surface area (Å²) < 4.78 is 30.7. The lowest BCUT2D eigenvalue weighted by Gasteiger charge is -2.12. The minimum Gasteiger partial charge on any atom is -0.494 e. The summed E-state index contributed by atoms with van der Waals surface area (Å²) in [5.41, 5.74) is 0.872. The maximum atomic E-state index is 12.3. The van der Waals surface area contributed by atoms with Crippen molar-refractivity contribution in [3.63, 3.8) is 0 Å². The average Bonchev–Trinajstić information content (AvgIpc) is 2.56. The van der Waals surface area contributed by atoms with E-state index in [1.807, 2.05) is 20.8 Å². The van der Waals surface area contributed by atoms with E-state index >= 15 is 0 Å². The smallest absolute Gasteiger partial charge is 0.270 e. The molecule has 0 saturated heterocycles. The normalized spacial score (nSPS) is 16.6. The molecule has 1 aromatic rings. The molecule has 0 unspecified atom stereocenters. The maximum absolute atomic E-state index is 12.3. The van der Waals surface area contributed by atoms with Crippen LogP contribution in [0.1, 0.15) is 42.6 Å². The van der Waals surface area contributed by atoms with E-state index in [2.05, 4.69) is 0 Å². The number of carbonyl (C=O) groups is 1. The molecule has 0 radical (unpaired) electrons. The molecule has 0 N–H and O–H groups in total. The molecule has 0 aromatic heterocycles. The largest absolute Gasteiger partial charge is 0.494 e. The number of rotatable bonds is 4. The monoisotopic (exact) mass is 317 g/mol. The summed E-state index contributed by atoms with van der Waals surface area (Å²) in [7, 11) is -3.87. The SMILES string of the molecule is CCOc1cc(C(C)C)c2c(c1)S(=O)(=O)N(CCl)C2=O. The number of fused-ring (bicyclic) bond motifs is 1. The first kappa shape index (κ1) is 15.1. The molecule has 0 spiro atoms. The Kier molecular flexibility index (Phi) is 3.97. The molecule has 1 aliphatic rings. The Balaban J connectivity index is 2.75. The molecular weight excluding hydrogens is 302 g/mol. The van der Waals surface area contributed by atoms with Crippen molar-refractivity contribution in [3.05, 3.63) is 23.3 Å². The molecule has 20 heavy (non-hydrogen) atoms. The summed E-state index contributed by atoms with van der Waals surface area (Å²) in [6.07, 6.45) is 0. The maximum Gasteiger partial charge on any atom is 0.270 e. The second-order valence-electron chi connectivity index (χ2n) is 4.75. The van der Waals surface area contributed by atoms with Crippen LogP contribution < -0.4 is 4.74 Å². The number of hydrogen-bond donors (Lipinski definition) is 0. The molecule has 0 saturated carbocycles. The second kappa shape index (κ2) is 5.26. The Morgan fingerprint density at radius 1 is 1.35 bits per heavy atom. The number of nitrogens with zero attached hydrogens (tertiary/aromatic N) is 1. The Morgan fingerprint density at radius 2 is 2.00 bits per heavy atom. The number of alkyl halides is 1. The molecule has 0 aliphatic carbocycles. The molecule has 0 bridgehead atoms. The van der Waals surface area contributed by atoms with Crippen molar-refractivity contribution >= 4 is 27.5 Å². The lowest BCUT2D eigenvalue weighted by molar-refractivity contribution is 0.0884. The van der Waals surface area contributed by atoms with Crippen molar-refractivity contribution in [2.45, 2.75) is 31.6 Å². The number of benzene rings is 1. The lowest BCUT2D eigenvalue weighted by atomic mass is 9.96. The van der Waals surface area contributed by atoms with Crippen LogP contribution in [0.2, 0.25) is 0 Å². The van der Waals surface area contributed by atoms with Gasteiger partial charge in [0, 0.05) is 6.07 Å². The summed E-state index contributed by atoms with van der Waals surface area (Å²) in [5.74, 6) is -0.122. The third-order valence-corrected chi connectivity index (χ3v) is 5.29. The van der Waals surface area contributed by atoms with E-state index in [1.54, 1.807) is 6.07 Å². The standard InChI is InChI=1S/C13H16ClNO4S/c1-4-19-9-5-10(8(2)3)12-11(6-9)20(17,18)15(7-14)13(12)16/h5-6,8H,4,7H2,1-3H3. The zero-order chi connectivity index (χ0) is 15.1. The van der Waals surface area contributed by atoms with Gasteiger partial charge in [-0.2, -0.15) is 0 Å². The van der Waals surface area contributed by atoms with Gasteiger partial charge in [0.25, 0.3) is 15.9 Å². The summed E-state index contributed by atoms with van der Waals surface area (Å²) >= 11 is 5.60. The fourth-order valence-corrected chi connectivity index (χ4v) is 4.12. The summed E-state index contributed by atoms with van der Waals surface area (Å²) in [4.78, 5) is 12.2. The van der Waals surface area contributed by atoms with Crippen LogP contribution in [-0.4, -0.2) is 31.2 Å². The Bertz CT molecular complexity index is 655. The molecule has 2 rings (SSSR count). The third kappa shape index (κ3) is 2.16. The van der Waals surface area contributed by atoms with Gasteiger partial charge in [-0.3, -0.25) is 4.79 Å². The zero-order valence-electron chi connectivity index (χ0n) is 11.5. The highest BCUT2D eigenvalue weighted by Gasteiger charge is 2.43. The fraction of sp³-hybridized carbons (Fsp3) is 0.462. The highest BCUT2D eigenvalue weighted by molar-refractivity contribution is 7.90. The number of amides is 1. The van der Waals surface area contributed by atoms with E-state index < -0.39 is 21.9 Å².